The Balaban J connectivity index is 2.33. The maximum absolute atomic E-state index is 10.4. The molecule has 0 aromatic heterocycles. The SMILES string of the molecule is C[C@](N)(c1ccccc1)[C@@H](O)c1ccccc1. The van der Waals surface area contributed by atoms with Gasteiger partial charge in [-0.2, -0.15) is 0 Å². The smallest absolute Gasteiger partial charge is 0.101 e. The zero-order valence-corrected chi connectivity index (χ0v) is 9.88. The Morgan fingerprint density at radius 1 is 0.941 bits per heavy atom. The van der Waals surface area contributed by atoms with E-state index in [2.05, 4.69) is 0 Å². The molecule has 2 nitrogen and oxygen atoms in total. The van der Waals surface area contributed by atoms with E-state index in [0.717, 1.165) is 11.1 Å². The Hall–Kier alpha value is -1.64. The van der Waals surface area contributed by atoms with Crippen LogP contribution in [0.2, 0.25) is 0 Å². The van der Waals surface area contributed by atoms with Gasteiger partial charge < -0.3 is 10.8 Å². The Morgan fingerprint density at radius 2 is 1.41 bits per heavy atom. The first-order valence-corrected chi connectivity index (χ1v) is 5.70. The van der Waals surface area contributed by atoms with E-state index in [1.54, 1.807) is 0 Å². The predicted molar refractivity (Wildman–Crippen MR) is 69.4 cm³/mol. The molecule has 2 rings (SSSR count). The molecule has 0 aliphatic heterocycles. The van der Waals surface area contributed by atoms with E-state index < -0.39 is 11.6 Å². The molecule has 17 heavy (non-hydrogen) atoms. The van der Waals surface area contributed by atoms with Crippen molar-refractivity contribution in [3.63, 3.8) is 0 Å². The predicted octanol–water partition coefficient (Wildman–Crippen LogP) is 2.59. The Bertz CT molecular complexity index is 465. The molecule has 0 fully saturated rings. The van der Waals surface area contributed by atoms with Gasteiger partial charge in [0.2, 0.25) is 0 Å². The Morgan fingerprint density at radius 3 is 1.94 bits per heavy atom. The third kappa shape index (κ3) is 2.38. The minimum Gasteiger partial charge on any atom is -0.386 e. The molecule has 0 spiro atoms. The zero-order chi connectivity index (χ0) is 12.3. The summed E-state index contributed by atoms with van der Waals surface area (Å²) in [5.41, 5.74) is 7.24. The highest BCUT2D eigenvalue weighted by Gasteiger charge is 2.31. The summed E-state index contributed by atoms with van der Waals surface area (Å²) in [5, 5.41) is 10.4. The molecule has 88 valence electrons. The molecular formula is C15H17NO. The molecule has 2 atom stereocenters. The van der Waals surface area contributed by atoms with Gasteiger partial charge in [0.05, 0.1) is 5.54 Å². The molecule has 2 aromatic rings. The molecule has 0 bridgehead atoms. The van der Waals surface area contributed by atoms with Crippen LogP contribution in [0.1, 0.15) is 24.2 Å². The van der Waals surface area contributed by atoms with Crippen molar-refractivity contribution >= 4 is 0 Å². The molecule has 0 saturated heterocycles. The highest BCUT2D eigenvalue weighted by molar-refractivity contribution is 5.29. The molecule has 2 aromatic carbocycles. The number of rotatable bonds is 3. The van der Waals surface area contributed by atoms with Gasteiger partial charge in [-0.3, -0.25) is 0 Å². The molecular weight excluding hydrogens is 210 g/mol. The van der Waals surface area contributed by atoms with Crippen molar-refractivity contribution in [3.8, 4) is 0 Å². The van der Waals surface area contributed by atoms with Crippen molar-refractivity contribution in [2.75, 3.05) is 0 Å². The van der Waals surface area contributed by atoms with Crippen molar-refractivity contribution < 1.29 is 5.11 Å². The quantitative estimate of drug-likeness (QED) is 0.846. The fourth-order valence-electron chi connectivity index (χ4n) is 1.94. The molecule has 0 aliphatic carbocycles. The van der Waals surface area contributed by atoms with Crippen LogP contribution in [0.4, 0.5) is 0 Å². The van der Waals surface area contributed by atoms with Crippen molar-refractivity contribution in [2.24, 2.45) is 5.73 Å². The molecule has 0 radical (unpaired) electrons. The van der Waals surface area contributed by atoms with Crippen LogP contribution in [0.5, 0.6) is 0 Å². The second kappa shape index (κ2) is 4.70. The standard InChI is InChI=1S/C15H17NO/c1-15(16,13-10-6-3-7-11-13)14(17)12-8-4-2-5-9-12/h2-11,14,17H,16H2,1H3/t14-,15-/m0/s1. The van der Waals surface area contributed by atoms with Gasteiger partial charge in [0.1, 0.15) is 6.10 Å². The average Bonchev–Trinajstić information content (AvgIpc) is 2.40. The van der Waals surface area contributed by atoms with E-state index >= 15 is 0 Å². The molecule has 0 aliphatic rings. The number of aliphatic hydroxyl groups is 1. The normalized spacial score (nSPS) is 16.2. The monoisotopic (exact) mass is 227 g/mol. The minimum atomic E-state index is -0.789. The van der Waals surface area contributed by atoms with E-state index in [-0.39, 0.29) is 0 Å². The number of nitrogens with two attached hydrogens (primary N) is 1. The summed E-state index contributed by atoms with van der Waals surface area (Å²) >= 11 is 0. The van der Waals surface area contributed by atoms with Crippen LogP contribution in [0.25, 0.3) is 0 Å². The number of hydrogen-bond acceptors (Lipinski definition) is 2. The van der Waals surface area contributed by atoms with Gasteiger partial charge in [-0.15, -0.1) is 0 Å². The lowest BCUT2D eigenvalue weighted by molar-refractivity contribution is 0.0932. The van der Waals surface area contributed by atoms with Gasteiger partial charge in [0.15, 0.2) is 0 Å². The van der Waals surface area contributed by atoms with Gasteiger partial charge in [-0.1, -0.05) is 60.7 Å². The third-order valence-corrected chi connectivity index (χ3v) is 3.08. The fourth-order valence-corrected chi connectivity index (χ4v) is 1.94. The summed E-state index contributed by atoms with van der Waals surface area (Å²) in [6.07, 6.45) is -0.717. The largest absolute Gasteiger partial charge is 0.386 e. The van der Waals surface area contributed by atoms with Crippen molar-refractivity contribution in [3.05, 3.63) is 71.8 Å². The van der Waals surface area contributed by atoms with Gasteiger partial charge >= 0.3 is 0 Å². The van der Waals surface area contributed by atoms with Gasteiger partial charge in [-0.05, 0) is 18.1 Å². The highest BCUT2D eigenvalue weighted by Crippen LogP contribution is 2.32. The Kier molecular flexibility index (Phi) is 3.27. The van der Waals surface area contributed by atoms with Crippen LogP contribution >= 0.6 is 0 Å². The summed E-state index contributed by atoms with van der Waals surface area (Å²) in [7, 11) is 0. The van der Waals surface area contributed by atoms with Crippen molar-refractivity contribution in [1.82, 2.24) is 0 Å². The number of aliphatic hydroxyl groups excluding tert-OH is 1. The van der Waals surface area contributed by atoms with Crippen LogP contribution in [-0.2, 0) is 5.54 Å². The molecule has 0 heterocycles. The average molecular weight is 227 g/mol. The van der Waals surface area contributed by atoms with Crippen LogP contribution in [0, 0.1) is 0 Å². The summed E-state index contributed by atoms with van der Waals surface area (Å²) in [5.74, 6) is 0. The Labute approximate surface area is 102 Å². The minimum absolute atomic E-state index is 0.717. The van der Waals surface area contributed by atoms with Crippen LogP contribution in [0.3, 0.4) is 0 Å². The van der Waals surface area contributed by atoms with Crippen molar-refractivity contribution in [1.29, 1.82) is 0 Å². The number of benzene rings is 2. The van der Waals surface area contributed by atoms with Crippen molar-refractivity contribution in [2.45, 2.75) is 18.6 Å². The number of hydrogen-bond donors (Lipinski definition) is 2. The molecule has 2 heteroatoms. The van der Waals surface area contributed by atoms with E-state index in [4.69, 9.17) is 5.73 Å². The second-order valence-electron chi connectivity index (χ2n) is 4.46. The van der Waals surface area contributed by atoms with Gasteiger partial charge in [0.25, 0.3) is 0 Å². The topological polar surface area (TPSA) is 46.2 Å². The lowest BCUT2D eigenvalue weighted by atomic mass is 9.84. The molecule has 3 N–H and O–H groups in total. The van der Waals surface area contributed by atoms with Crippen LogP contribution in [0.15, 0.2) is 60.7 Å². The van der Waals surface area contributed by atoms with Gasteiger partial charge in [0, 0.05) is 0 Å². The maximum Gasteiger partial charge on any atom is 0.101 e. The maximum atomic E-state index is 10.4. The fraction of sp³-hybridized carbons (Fsp3) is 0.200. The van der Waals surface area contributed by atoms with E-state index in [0.29, 0.717) is 0 Å². The lowest BCUT2D eigenvalue weighted by Crippen LogP contribution is -2.39. The molecule has 0 unspecified atom stereocenters. The van der Waals surface area contributed by atoms with Crippen LogP contribution < -0.4 is 5.73 Å². The summed E-state index contributed by atoms with van der Waals surface area (Å²) in [6, 6.07) is 19.2. The van der Waals surface area contributed by atoms with Gasteiger partial charge in [-0.25, -0.2) is 0 Å². The zero-order valence-electron chi connectivity index (χ0n) is 9.88. The van der Waals surface area contributed by atoms with Crippen LogP contribution in [-0.4, -0.2) is 5.11 Å². The third-order valence-electron chi connectivity index (χ3n) is 3.08. The first kappa shape index (κ1) is 11.8. The summed E-state index contributed by atoms with van der Waals surface area (Å²) < 4.78 is 0. The van der Waals surface area contributed by atoms with E-state index in [1.807, 2.05) is 67.6 Å². The molecule has 0 amide bonds. The molecule has 0 saturated carbocycles. The highest BCUT2D eigenvalue weighted by atomic mass is 16.3. The summed E-state index contributed by atoms with van der Waals surface area (Å²) in [4.78, 5) is 0. The lowest BCUT2D eigenvalue weighted by Gasteiger charge is -2.31. The van der Waals surface area contributed by atoms with E-state index in [1.165, 1.54) is 0 Å². The first-order chi connectivity index (χ1) is 8.12. The van der Waals surface area contributed by atoms with E-state index in [9.17, 15) is 5.11 Å². The first-order valence-electron chi connectivity index (χ1n) is 5.70. The summed E-state index contributed by atoms with van der Waals surface area (Å²) in [6.45, 7) is 1.85. The second-order valence-corrected chi connectivity index (χ2v) is 4.46.